The van der Waals surface area contributed by atoms with Crippen LogP contribution in [0.5, 0.6) is 0 Å². The quantitative estimate of drug-likeness (QED) is 0.489. The van der Waals surface area contributed by atoms with Gasteiger partial charge in [0, 0.05) is 42.2 Å². The Kier molecular flexibility index (Phi) is 3.94. The molecule has 5 aromatic rings. The second-order valence-electron chi connectivity index (χ2n) is 6.63. The molecule has 0 unspecified atom stereocenters. The van der Waals surface area contributed by atoms with Gasteiger partial charge >= 0.3 is 0 Å². The number of imidazole rings is 1. The Hall–Kier alpha value is -3.80. The van der Waals surface area contributed by atoms with Gasteiger partial charge < -0.3 is 4.40 Å². The zero-order valence-corrected chi connectivity index (χ0v) is 15.1. The molecule has 0 atom stereocenters. The van der Waals surface area contributed by atoms with Gasteiger partial charge in [0.2, 0.25) is 0 Å². The fourth-order valence-corrected chi connectivity index (χ4v) is 3.48. The van der Waals surface area contributed by atoms with E-state index in [-0.39, 0.29) is 5.56 Å². The molecule has 0 bridgehead atoms. The molecule has 5 rings (SSSR count). The molecule has 4 heterocycles. The highest BCUT2D eigenvalue weighted by Gasteiger charge is 2.11. The average Bonchev–Trinajstić information content (AvgIpc) is 3.16. The van der Waals surface area contributed by atoms with Crippen LogP contribution < -0.4 is 5.56 Å². The first-order valence-electron chi connectivity index (χ1n) is 9.11. The van der Waals surface area contributed by atoms with Crippen molar-refractivity contribution in [2.75, 3.05) is 0 Å². The Bertz CT molecular complexity index is 1300. The number of aromatic nitrogens is 5. The molecule has 0 amide bonds. The van der Waals surface area contributed by atoms with Crippen molar-refractivity contribution >= 4 is 16.4 Å². The van der Waals surface area contributed by atoms with E-state index in [0.29, 0.717) is 18.4 Å². The largest absolute Gasteiger partial charge is 0.307 e. The lowest BCUT2D eigenvalue weighted by molar-refractivity contribution is 0.580. The number of benzene rings is 1. The third-order valence-electron chi connectivity index (χ3n) is 4.85. The Morgan fingerprint density at radius 1 is 0.964 bits per heavy atom. The maximum atomic E-state index is 13.2. The number of fused-ring (bicyclic) bond motifs is 2. The minimum absolute atomic E-state index is 0.0966. The SMILES string of the molecule is O=c1c2c(-c3cccnc3)cccc2cnn1CCc1cn2ccccc2n1. The summed E-state index contributed by atoms with van der Waals surface area (Å²) in [5, 5.41) is 5.86. The highest BCUT2D eigenvalue weighted by molar-refractivity contribution is 5.95. The van der Waals surface area contributed by atoms with Gasteiger partial charge in [0.25, 0.3) is 5.56 Å². The van der Waals surface area contributed by atoms with Crippen LogP contribution >= 0.6 is 0 Å². The molecule has 0 aliphatic heterocycles. The van der Waals surface area contributed by atoms with Gasteiger partial charge in [0.1, 0.15) is 5.65 Å². The molecule has 136 valence electrons. The first-order valence-corrected chi connectivity index (χ1v) is 9.11. The molecule has 0 aliphatic rings. The monoisotopic (exact) mass is 367 g/mol. The minimum Gasteiger partial charge on any atom is -0.307 e. The van der Waals surface area contributed by atoms with E-state index in [1.54, 1.807) is 18.6 Å². The number of hydrogen-bond donors (Lipinski definition) is 0. The van der Waals surface area contributed by atoms with E-state index in [9.17, 15) is 4.79 Å². The third-order valence-corrected chi connectivity index (χ3v) is 4.85. The van der Waals surface area contributed by atoms with Crippen molar-refractivity contribution in [3.63, 3.8) is 0 Å². The fourth-order valence-electron chi connectivity index (χ4n) is 3.48. The molecule has 0 radical (unpaired) electrons. The lowest BCUT2D eigenvalue weighted by atomic mass is 10.0. The summed E-state index contributed by atoms with van der Waals surface area (Å²) >= 11 is 0. The summed E-state index contributed by atoms with van der Waals surface area (Å²) < 4.78 is 3.50. The van der Waals surface area contributed by atoms with Gasteiger partial charge in [0.05, 0.1) is 23.8 Å². The van der Waals surface area contributed by atoms with Gasteiger partial charge in [0.15, 0.2) is 0 Å². The molecule has 0 spiro atoms. The molecular formula is C22H17N5O. The molecule has 4 aromatic heterocycles. The Balaban J connectivity index is 1.53. The summed E-state index contributed by atoms with van der Waals surface area (Å²) in [4.78, 5) is 21.9. The molecule has 28 heavy (non-hydrogen) atoms. The highest BCUT2D eigenvalue weighted by atomic mass is 16.1. The zero-order valence-electron chi connectivity index (χ0n) is 15.1. The molecule has 0 saturated carbocycles. The van der Waals surface area contributed by atoms with Crippen LogP contribution in [0.1, 0.15) is 5.69 Å². The van der Waals surface area contributed by atoms with E-state index in [2.05, 4.69) is 15.1 Å². The van der Waals surface area contributed by atoms with Gasteiger partial charge in [-0.25, -0.2) is 9.67 Å². The first-order chi connectivity index (χ1) is 13.8. The number of hydrogen-bond acceptors (Lipinski definition) is 4. The Labute approximate surface area is 160 Å². The predicted octanol–water partition coefficient (Wildman–Crippen LogP) is 3.35. The molecule has 0 N–H and O–H groups in total. The van der Waals surface area contributed by atoms with Crippen molar-refractivity contribution in [2.45, 2.75) is 13.0 Å². The van der Waals surface area contributed by atoms with Gasteiger partial charge in [-0.05, 0) is 23.8 Å². The molecular weight excluding hydrogens is 350 g/mol. The number of rotatable bonds is 4. The summed E-state index contributed by atoms with van der Waals surface area (Å²) in [6, 6.07) is 15.5. The molecule has 0 saturated heterocycles. The maximum Gasteiger partial charge on any atom is 0.275 e. The normalized spacial score (nSPS) is 11.3. The van der Waals surface area contributed by atoms with Gasteiger partial charge in [-0.3, -0.25) is 9.78 Å². The molecule has 0 fully saturated rings. The van der Waals surface area contributed by atoms with E-state index in [4.69, 9.17) is 0 Å². The third kappa shape index (κ3) is 2.85. The molecule has 0 aliphatic carbocycles. The fraction of sp³-hybridized carbons (Fsp3) is 0.0909. The lowest BCUT2D eigenvalue weighted by Crippen LogP contribution is -2.24. The standard InChI is InChI=1S/C22H17N5O/c28-22-21-17(5-3-7-19(21)16-6-4-10-23-13-16)14-24-27(22)12-9-18-15-26-11-2-1-8-20(26)25-18/h1-8,10-11,13-15H,9,12H2. The van der Waals surface area contributed by atoms with Crippen molar-refractivity contribution in [1.82, 2.24) is 24.1 Å². The Morgan fingerprint density at radius 2 is 1.93 bits per heavy atom. The smallest absolute Gasteiger partial charge is 0.275 e. The van der Waals surface area contributed by atoms with Crippen molar-refractivity contribution in [1.29, 1.82) is 0 Å². The van der Waals surface area contributed by atoms with Gasteiger partial charge in [-0.2, -0.15) is 5.10 Å². The second kappa shape index (κ2) is 6.74. The molecule has 1 aromatic carbocycles. The van der Waals surface area contributed by atoms with Crippen molar-refractivity contribution < 1.29 is 0 Å². The van der Waals surface area contributed by atoms with E-state index < -0.39 is 0 Å². The summed E-state index contributed by atoms with van der Waals surface area (Å²) in [7, 11) is 0. The highest BCUT2D eigenvalue weighted by Crippen LogP contribution is 2.25. The van der Waals surface area contributed by atoms with Crippen LogP contribution in [0.15, 0.2) is 84.3 Å². The lowest BCUT2D eigenvalue weighted by Gasteiger charge is -2.09. The summed E-state index contributed by atoms with van der Waals surface area (Å²) in [6.07, 6.45) is 9.84. The van der Waals surface area contributed by atoms with Crippen molar-refractivity contribution in [2.24, 2.45) is 0 Å². The zero-order chi connectivity index (χ0) is 18.9. The first kappa shape index (κ1) is 16.4. The van der Waals surface area contributed by atoms with Gasteiger partial charge in [-0.1, -0.05) is 30.3 Å². The van der Waals surface area contributed by atoms with E-state index in [1.165, 1.54) is 4.68 Å². The van der Waals surface area contributed by atoms with Crippen LogP contribution in [0.25, 0.3) is 27.5 Å². The van der Waals surface area contributed by atoms with Crippen LogP contribution in [0, 0.1) is 0 Å². The average molecular weight is 367 g/mol. The van der Waals surface area contributed by atoms with Crippen molar-refractivity contribution in [3.8, 4) is 11.1 Å². The van der Waals surface area contributed by atoms with E-state index >= 15 is 0 Å². The predicted molar refractivity (Wildman–Crippen MR) is 108 cm³/mol. The molecule has 6 nitrogen and oxygen atoms in total. The van der Waals surface area contributed by atoms with Crippen molar-refractivity contribution in [3.05, 3.63) is 95.6 Å². The second-order valence-corrected chi connectivity index (χ2v) is 6.63. The number of nitrogens with zero attached hydrogens (tertiary/aromatic N) is 5. The van der Waals surface area contributed by atoms with Crippen LogP contribution in [-0.2, 0) is 13.0 Å². The summed E-state index contributed by atoms with van der Waals surface area (Å²) in [5.74, 6) is 0. The summed E-state index contributed by atoms with van der Waals surface area (Å²) in [5.41, 5.74) is 3.53. The summed E-state index contributed by atoms with van der Waals surface area (Å²) in [6.45, 7) is 0.472. The van der Waals surface area contributed by atoms with Crippen LogP contribution in [-0.4, -0.2) is 24.1 Å². The van der Waals surface area contributed by atoms with E-state index in [1.807, 2.05) is 65.3 Å². The number of aryl methyl sites for hydroxylation is 2. The molecule has 6 heteroatoms. The van der Waals surface area contributed by atoms with E-state index in [0.717, 1.165) is 27.9 Å². The van der Waals surface area contributed by atoms with Gasteiger partial charge in [-0.15, -0.1) is 0 Å². The van der Waals surface area contributed by atoms with Crippen LogP contribution in [0.3, 0.4) is 0 Å². The van der Waals surface area contributed by atoms with Crippen LogP contribution in [0.2, 0.25) is 0 Å². The van der Waals surface area contributed by atoms with Crippen LogP contribution in [0.4, 0.5) is 0 Å². The number of pyridine rings is 2. The topological polar surface area (TPSA) is 65.1 Å². The Morgan fingerprint density at radius 3 is 2.79 bits per heavy atom. The minimum atomic E-state index is -0.0966. The maximum absolute atomic E-state index is 13.2.